The molecule has 0 heterocycles. The molecule has 0 saturated heterocycles. The average Bonchev–Trinajstić information content (AvgIpc) is 2.56. The molecule has 0 radical (unpaired) electrons. The van der Waals surface area contributed by atoms with Gasteiger partial charge in [-0.15, -0.1) is 0 Å². The Kier molecular flexibility index (Phi) is 5.95. The molecule has 2 rings (SSSR count). The van der Waals surface area contributed by atoms with Crippen molar-refractivity contribution < 1.29 is 14.3 Å². The third-order valence-electron chi connectivity index (χ3n) is 3.63. The summed E-state index contributed by atoms with van der Waals surface area (Å²) in [6.07, 6.45) is 0. The van der Waals surface area contributed by atoms with Gasteiger partial charge in [-0.1, -0.05) is 35.9 Å². The van der Waals surface area contributed by atoms with Crippen molar-refractivity contribution in [2.45, 2.75) is 20.4 Å². The number of carbonyl (C=O) groups is 2. The zero-order chi connectivity index (χ0) is 17.5. The summed E-state index contributed by atoms with van der Waals surface area (Å²) in [6, 6.07) is 15.0. The normalized spacial score (nSPS) is 10.1. The number of carbonyl (C=O) groups excluding carboxylic acids is 2. The first-order chi connectivity index (χ1) is 11.5. The number of ether oxygens (including phenoxy) is 1. The van der Waals surface area contributed by atoms with E-state index in [0.29, 0.717) is 18.0 Å². The van der Waals surface area contributed by atoms with Gasteiger partial charge in [-0.2, -0.15) is 0 Å². The van der Waals surface area contributed by atoms with Crippen molar-refractivity contribution >= 4 is 17.5 Å². The summed E-state index contributed by atoms with van der Waals surface area (Å²) in [5, 5.41) is 2.78. The average molecular weight is 326 g/mol. The fourth-order valence-corrected chi connectivity index (χ4v) is 2.27. The molecule has 0 spiro atoms. The number of nitrogens with zero attached hydrogens (tertiary/aromatic N) is 1. The zero-order valence-electron chi connectivity index (χ0n) is 14.2. The van der Waals surface area contributed by atoms with E-state index in [9.17, 15) is 9.59 Å². The van der Waals surface area contributed by atoms with E-state index in [1.54, 1.807) is 31.4 Å². The minimum Gasteiger partial charge on any atom is -0.497 e. The first-order valence-corrected chi connectivity index (χ1v) is 7.73. The third-order valence-corrected chi connectivity index (χ3v) is 3.63. The maximum Gasteiger partial charge on any atom is 0.244 e. The lowest BCUT2D eigenvalue weighted by molar-refractivity contribution is -0.133. The highest BCUT2D eigenvalue weighted by atomic mass is 16.5. The highest BCUT2D eigenvalue weighted by Gasteiger charge is 2.14. The standard InChI is InChI=1S/C19H22N2O3/c1-14-7-9-16(10-8-14)12-21(15(2)22)13-19(23)20-17-5-4-6-18(11-17)24-3/h4-11H,12-13H2,1-3H3,(H,20,23). The zero-order valence-corrected chi connectivity index (χ0v) is 14.2. The number of hydrogen-bond acceptors (Lipinski definition) is 3. The van der Waals surface area contributed by atoms with Crippen LogP contribution in [-0.4, -0.2) is 30.4 Å². The molecule has 5 heteroatoms. The number of benzene rings is 2. The lowest BCUT2D eigenvalue weighted by Gasteiger charge is -2.21. The van der Waals surface area contributed by atoms with Gasteiger partial charge in [0.25, 0.3) is 0 Å². The summed E-state index contributed by atoms with van der Waals surface area (Å²) in [4.78, 5) is 25.6. The van der Waals surface area contributed by atoms with Gasteiger partial charge in [-0.25, -0.2) is 0 Å². The van der Waals surface area contributed by atoms with E-state index in [-0.39, 0.29) is 18.4 Å². The van der Waals surface area contributed by atoms with Crippen molar-refractivity contribution in [1.29, 1.82) is 0 Å². The van der Waals surface area contributed by atoms with E-state index in [2.05, 4.69) is 5.32 Å². The Morgan fingerprint density at radius 2 is 1.83 bits per heavy atom. The number of amides is 2. The predicted octanol–water partition coefficient (Wildman–Crippen LogP) is 2.99. The topological polar surface area (TPSA) is 58.6 Å². The van der Waals surface area contributed by atoms with Crippen LogP contribution in [0.25, 0.3) is 0 Å². The largest absolute Gasteiger partial charge is 0.497 e. The molecule has 0 aliphatic heterocycles. The van der Waals surface area contributed by atoms with E-state index in [4.69, 9.17) is 4.74 Å². The van der Waals surface area contributed by atoms with Crippen molar-refractivity contribution in [2.24, 2.45) is 0 Å². The Labute approximate surface area is 142 Å². The fourth-order valence-electron chi connectivity index (χ4n) is 2.27. The predicted molar refractivity (Wildman–Crippen MR) is 93.9 cm³/mol. The van der Waals surface area contributed by atoms with Gasteiger partial charge in [0.15, 0.2) is 0 Å². The van der Waals surface area contributed by atoms with Crippen molar-refractivity contribution in [3.8, 4) is 5.75 Å². The number of methoxy groups -OCH3 is 1. The van der Waals surface area contributed by atoms with Gasteiger partial charge in [-0.3, -0.25) is 9.59 Å². The van der Waals surface area contributed by atoms with E-state index in [1.807, 2.05) is 31.2 Å². The van der Waals surface area contributed by atoms with Crippen molar-refractivity contribution in [3.63, 3.8) is 0 Å². The second-order valence-electron chi connectivity index (χ2n) is 5.64. The smallest absolute Gasteiger partial charge is 0.244 e. The molecule has 0 atom stereocenters. The van der Waals surface area contributed by atoms with Crippen LogP contribution in [0.2, 0.25) is 0 Å². The number of anilines is 1. The molecular formula is C19H22N2O3. The molecule has 0 bridgehead atoms. The van der Waals surface area contributed by atoms with Crippen LogP contribution in [0.4, 0.5) is 5.69 Å². The van der Waals surface area contributed by atoms with Gasteiger partial charge < -0.3 is 15.0 Å². The maximum atomic E-state index is 12.2. The first-order valence-electron chi connectivity index (χ1n) is 7.73. The Hall–Kier alpha value is -2.82. The molecule has 0 fully saturated rings. The first kappa shape index (κ1) is 17.5. The maximum absolute atomic E-state index is 12.2. The molecule has 5 nitrogen and oxygen atoms in total. The monoisotopic (exact) mass is 326 g/mol. The van der Waals surface area contributed by atoms with Crippen LogP contribution in [-0.2, 0) is 16.1 Å². The van der Waals surface area contributed by atoms with Crippen molar-refractivity contribution in [3.05, 3.63) is 59.7 Å². The Morgan fingerprint density at radius 1 is 1.12 bits per heavy atom. The number of rotatable bonds is 6. The van der Waals surface area contributed by atoms with Gasteiger partial charge in [-0.05, 0) is 24.6 Å². The lowest BCUT2D eigenvalue weighted by atomic mass is 10.1. The summed E-state index contributed by atoms with van der Waals surface area (Å²) >= 11 is 0. The van der Waals surface area contributed by atoms with Gasteiger partial charge in [0, 0.05) is 25.2 Å². The molecule has 2 aromatic rings. The van der Waals surface area contributed by atoms with Gasteiger partial charge in [0.2, 0.25) is 11.8 Å². The molecule has 0 saturated carbocycles. The van der Waals surface area contributed by atoms with E-state index >= 15 is 0 Å². The molecule has 2 aromatic carbocycles. The van der Waals surface area contributed by atoms with E-state index in [1.165, 1.54) is 11.8 Å². The molecule has 0 aliphatic carbocycles. The summed E-state index contributed by atoms with van der Waals surface area (Å²) in [5.74, 6) is 0.276. The highest BCUT2D eigenvalue weighted by Crippen LogP contribution is 2.16. The quantitative estimate of drug-likeness (QED) is 0.888. The van der Waals surface area contributed by atoms with Crippen LogP contribution >= 0.6 is 0 Å². The van der Waals surface area contributed by atoms with Gasteiger partial charge in [0.05, 0.1) is 7.11 Å². The molecule has 0 aliphatic rings. The lowest BCUT2D eigenvalue weighted by Crippen LogP contribution is -2.36. The summed E-state index contributed by atoms with van der Waals surface area (Å²) < 4.78 is 5.13. The Morgan fingerprint density at radius 3 is 2.46 bits per heavy atom. The van der Waals surface area contributed by atoms with Crippen LogP contribution in [0.15, 0.2) is 48.5 Å². The van der Waals surface area contributed by atoms with Crippen molar-refractivity contribution in [2.75, 3.05) is 19.0 Å². The van der Waals surface area contributed by atoms with Crippen LogP contribution in [0.5, 0.6) is 5.75 Å². The third kappa shape index (κ3) is 5.12. The van der Waals surface area contributed by atoms with Gasteiger partial charge >= 0.3 is 0 Å². The molecule has 2 amide bonds. The number of aryl methyl sites for hydroxylation is 1. The summed E-state index contributed by atoms with van der Waals surface area (Å²) in [7, 11) is 1.57. The van der Waals surface area contributed by atoms with Gasteiger partial charge in [0.1, 0.15) is 12.3 Å². The number of nitrogens with one attached hydrogen (secondary N) is 1. The molecule has 0 unspecified atom stereocenters. The molecule has 0 aromatic heterocycles. The second kappa shape index (κ2) is 8.15. The second-order valence-corrected chi connectivity index (χ2v) is 5.64. The SMILES string of the molecule is COc1cccc(NC(=O)CN(Cc2ccc(C)cc2)C(C)=O)c1. The minimum atomic E-state index is -0.245. The Bertz CT molecular complexity index is 711. The van der Waals surface area contributed by atoms with Crippen LogP contribution in [0, 0.1) is 6.92 Å². The molecule has 24 heavy (non-hydrogen) atoms. The van der Waals surface area contributed by atoms with E-state index in [0.717, 1.165) is 11.1 Å². The van der Waals surface area contributed by atoms with E-state index < -0.39 is 0 Å². The van der Waals surface area contributed by atoms with Crippen LogP contribution in [0.1, 0.15) is 18.1 Å². The number of hydrogen-bond donors (Lipinski definition) is 1. The highest BCUT2D eigenvalue weighted by molar-refractivity contribution is 5.94. The fraction of sp³-hybridized carbons (Fsp3) is 0.263. The Balaban J connectivity index is 2.00. The minimum absolute atomic E-state index is 0.000416. The summed E-state index contributed by atoms with van der Waals surface area (Å²) in [5.41, 5.74) is 2.78. The van der Waals surface area contributed by atoms with Crippen LogP contribution in [0.3, 0.4) is 0 Å². The molecule has 1 N–H and O–H groups in total. The molecular weight excluding hydrogens is 304 g/mol. The van der Waals surface area contributed by atoms with Crippen LogP contribution < -0.4 is 10.1 Å². The van der Waals surface area contributed by atoms with Crippen molar-refractivity contribution in [1.82, 2.24) is 4.90 Å². The molecule has 126 valence electrons. The summed E-state index contributed by atoms with van der Waals surface area (Å²) in [6.45, 7) is 3.88.